The Kier molecular flexibility index (Phi) is 6.33. The molecule has 0 bridgehead atoms. The van der Waals surface area contributed by atoms with Crippen LogP contribution in [0.1, 0.15) is 25.7 Å². The van der Waals surface area contributed by atoms with Gasteiger partial charge in [0.15, 0.2) is 0 Å². The van der Waals surface area contributed by atoms with Crippen molar-refractivity contribution < 1.29 is 14.7 Å². The number of hydrogen-bond acceptors (Lipinski definition) is 4. The molecule has 2 heterocycles. The molecule has 120 valence electrons. The summed E-state index contributed by atoms with van der Waals surface area (Å²) in [4.78, 5) is 29.1. The van der Waals surface area contributed by atoms with Crippen LogP contribution in [0.4, 0.5) is 5.82 Å². The third-order valence-electron chi connectivity index (χ3n) is 3.80. The van der Waals surface area contributed by atoms with Gasteiger partial charge in [-0.05, 0) is 67.0 Å². The van der Waals surface area contributed by atoms with Gasteiger partial charge in [-0.2, -0.15) is 0 Å². The number of piperidine rings is 1. The lowest BCUT2D eigenvalue weighted by Crippen LogP contribution is -2.38. The van der Waals surface area contributed by atoms with Gasteiger partial charge in [0.2, 0.25) is 5.91 Å². The Labute approximate surface area is 138 Å². The third kappa shape index (κ3) is 5.38. The number of carboxylic acid groups (broad SMARTS) is 1. The van der Waals surface area contributed by atoms with Crippen molar-refractivity contribution in [1.82, 2.24) is 9.88 Å². The number of carbonyl (C=O) groups is 2. The van der Waals surface area contributed by atoms with Crippen LogP contribution in [-0.2, 0) is 9.59 Å². The fraction of sp³-hybridized carbons (Fsp3) is 0.533. The molecule has 0 aromatic carbocycles. The maximum absolute atomic E-state index is 12.2. The molecule has 1 aliphatic heterocycles. The fourth-order valence-corrected chi connectivity index (χ4v) is 2.79. The van der Waals surface area contributed by atoms with Gasteiger partial charge in [-0.1, -0.05) is 0 Å². The van der Waals surface area contributed by atoms with E-state index < -0.39 is 5.97 Å². The second-order valence-electron chi connectivity index (χ2n) is 5.46. The lowest BCUT2D eigenvalue weighted by Gasteiger charge is -2.31. The Balaban J connectivity index is 1.72. The summed E-state index contributed by atoms with van der Waals surface area (Å²) in [6, 6.07) is 3.61. The van der Waals surface area contributed by atoms with Gasteiger partial charge in [0.25, 0.3) is 0 Å². The highest BCUT2D eigenvalue weighted by atomic mass is 79.9. The average Bonchev–Trinajstić information content (AvgIpc) is 2.50. The topological polar surface area (TPSA) is 82.5 Å². The highest BCUT2D eigenvalue weighted by Gasteiger charge is 2.25. The molecular formula is C15H20BrN3O3. The number of likely N-dealkylation sites (tertiary alicyclic amines) is 1. The molecule has 1 aromatic heterocycles. The molecule has 2 rings (SSSR count). The SMILES string of the molecule is O=C(O)CCCN1CCC(C(=O)Nc2ccc(Br)cn2)CC1. The smallest absolute Gasteiger partial charge is 0.303 e. The van der Waals surface area contributed by atoms with E-state index in [0.29, 0.717) is 12.2 Å². The van der Waals surface area contributed by atoms with Crippen molar-refractivity contribution in [2.75, 3.05) is 25.0 Å². The molecule has 0 unspecified atom stereocenters. The number of pyridine rings is 1. The van der Waals surface area contributed by atoms with Crippen LogP contribution in [-0.4, -0.2) is 46.5 Å². The Morgan fingerprint density at radius 3 is 2.68 bits per heavy atom. The normalized spacial score (nSPS) is 16.4. The summed E-state index contributed by atoms with van der Waals surface area (Å²) in [5, 5.41) is 11.5. The predicted octanol–water partition coefficient (Wildman–Crippen LogP) is 2.36. The number of carboxylic acids is 1. The summed E-state index contributed by atoms with van der Waals surface area (Å²) in [5.74, 6) is -0.172. The number of nitrogens with one attached hydrogen (secondary N) is 1. The van der Waals surface area contributed by atoms with E-state index in [1.807, 2.05) is 6.07 Å². The first kappa shape index (κ1) is 16.9. The number of hydrogen-bond donors (Lipinski definition) is 2. The van der Waals surface area contributed by atoms with E-state index in [-0.39, 0.29) is 18.2 Å². The van der Waals surface area contributed by atoms with Crippen molar-refractivity contribution in [1.29, 1.82) is 0 Å². The second kappa shape index (κ2) is 8.24. The van der Waals surface area contributed by atoms with Gasteiger partial charge >= 0.3 is 5.97 Å². The van der Waals surface area contributed by atoms with E-state index in [1.165, 1.54) is 0 Å². The van der Waals surface area contributed by atoms with Crippen molar-refractivity contribution in [3.63, 3.8) is 0 Å². The fourth-order valence-electron chi connectivity index (χ4n) is 2.55. The van der Waals surface area contributed by atoms with Crippen LogP contribution in [0.3, 0.4) is 0 Å². The number of aromatic nitrogens is 1. The molecule has 1 aliphatic rings. The standard InChI is InChI=1S/C15H20BrN3O3/c16-12-3-4-13(17-10-12)18-15(22)11-5-8-19(9-6-11)7-1-2-14(20)21/h3-4,10-11H,1-2,5-9H2,(H,20,21)(H,17,18,22). The summed E-state index contributed by atoms with van der Waals surface area (Å²) in [7, 11) is 0. The van der Waals surface area contributed by atoms with E-state index in [2.05, 4.69) is 31.1 Å². The second-order valence-corrected chi connectivity index (χ2v) is 6.38. The summed E-state index contributed by atoms with van der Waals surface area (Å²) in [6.45, 7) is 2.46. The van der Waals surface area contributed by atoms with Crippen LogP contribution < -0.4 is 5.32 Å². The van der Waals surface area contributed by atoms with Gasteiger partial charge < -0.3 is 15.3 Å². The highest BCUT2D eigenvalue weighted by molar-refractivity contribution is 9.10. The van der Waals surface area contributed by atoms with Gasteiger partial charge in [-0.3, -0.25) is 9.59 Å². The Bertz CT molecular complexity index is 513. The number of halogens is 1. The monoisotopic (exact) mass is 369 g/mol. The molecule has 0 aliphatic carbocycles. The van der Waals surface area contributed by atoms with Gasteiger partial charge in [0.1, 0.15) is 5.82 Å². The summed E-state index contributed by atoms with van der Waals surface area (Å²) in [5.41, 5.74) is 0. The molecular weight excluding hydrogens is 350 g/mol. The first-order valence-corrected chi connectivity index (χ1v) is 8.20. The molecule has 1 amide bonds. The lowest BCUT2D eigenvalue weighted by atomic mass is 9.95. The molecule has 6 nitrogen and oxygen atoms in total. The highest BCUT2D eigenvalue weighted by Crippen LogP contribution is 2.19. The van der Waals surface area contributed by atoms with Gasteiger partial charge in [-0.25, -0.2) is 4.98 Å². The molecule has 0 radical (unpaired) electrons. The van der Waals surface area contributed by atoms with Crippen LogP contribution in [0.5, 0.6) is 0 Å². The van der Waals surface area contributed by atoms with Crippen LogP contribution in [0.15, 0.2) is 22.8 Å². The first-order chi connectivity index (χ1) is 10.5. The quantitative estimate of drug-likeness (QED) is 0.803. The van der Waals surface area contributed by atoms with Crippen LogP contribution in [0.25, 0.3) is 0 Å². The number of nitrogens with zero attached hydrogens (tertiary/aromatic N) is 2. The third-order valence-corrected chi connectivity index (χ3v) is 4.27. The summed E-state index contributed by atoms with van der Waals surface area (Å²) >= 11 is 3.31. The van der Waals surface area contributed by atoms with Crippen LogP contribution >= 0.6 is 15.9 Å². The lowest BCUT2D eigenvalue weighted by molar-refractivity contribution is -0.137. The van der Waals surface area contributed by atoms with Crippen molar-refractivity contribution in [3.05, 3.63) is 22.8 Å². The summed E-state index contributed by atoms with van der Waals surface area (Å²) < 4.78 is 0.875. The zero-order chi connectivity index (χ0) is 15.9. The number of rotatable bonds is 6. The van der Waals surface area contributed by atoms with Crippen molar-refractivity contribution in [3.8, 4) is 0 Å². The molecule has 1 aromatic rings. The van der Waals surface area contributed by atoms with Gasteiger partial charge in [0, 0.05) is 23.0 Å². The Morgan fingerprint density at radius 2 is 2.09 bits per heavy atom. The molecule has 1 fully saturated rings. The minimum absolute atomic E-state index is 0.00108. The van der Waals surface area contributed by atoms with Crippen molar-refractivity contribution >= 4 is 33.6 Å². The Hall–Kier alpha value is -1.47. The number of carbonyl (C=O) groups excluding carboxylic acids is 1. The largest absolute Gasteiger partial charge is 0.481 e. The van der Waals surface area contributed by atoms with Gasteiger partial charge in [-0.15, -0.1) is 0 Å². The van der Waals surface area contributed by atoms with Gasteiger partial charge in [0.05, 0.1) is 0 Å². The van der Waals surface area contributed by atoms with Crippen molar-refractivity contribution in [2.24, 2.45) is 5.92 Å². The van der Waals surface area contributed by atoms with Crippen molar-refractivity contribution in [2.45, 2.75) is 25.7 Å². The predicted molar refractivity (Wildman–Crippen MR) is 86.6 cm³/mol. The average molecular weight is 370 g/mol. The maximum Gasteiger partial charge on any atom is 0.303 e. The van der Waals surface area contributed by atoms with Crippen LogP contribution in [0, 0.1) is 5.92 Å². The minimum atomic E-state index is -0.753. The Morgan fingerprint density at radius 1 is 1.36 bits per heavy atom. The van der Waals surface area contributed by atoms with E-state index in [4.69, 9.17) is 5.11 Å². The first-order valence-electron chi connectivity index (χ1n) is 7.41. The molecule has 2 N–H and O–H groups in total. The number of anilines is 1. The minimum Gasteiger partial charge on any atom is -0.481 e. The molecule has 7 heteroatoms. The molecule has 0 saturated carbocycles. The maximum atomic E-state index is 12.2. The zero-order valence-corrected chi connectivity index (χ0v) is 13.9. The van der Waals surface area contributed by atoms with E-state index in [1.54, 1.807) is 12.3 Å². The van der Waals surface area contributed by atoms with E-state index in [9.17, 15) is 9.59 Å². The zero-order valence-electron chi connectivity index (χ0n) is 12.3. The number of aliphatic carboxylic acids is 1. The molecule has 0 atom stereocenters. The van der Waals surface area contributed by atoms with E-state index >= 15 is 0 Å². The molecule has 1 saturated heterocycles. The molecule has 0 spiro atoms. The summed E-state index contributed by atoms with van der Waals surface area (Å²) in [6.07, 6.45) is 4.12. The number of amides is 1. The van der Waals surface area contributed by atoms with Crippen LogP contribution in [0.2, 0.25) is 0 Å². The molecule has 22 heavy (non-hydrogen) atoms. The van der Waals surface area contributed by atoms with E-state index in [0.717, 1.165) is 36.9 Å².